The van der Waals surface area contributed by atoms with E-state index in [1.54, 1.807) is 0 Å². The molecule has 0 saturated heterocycles. The molecule has 2 nitrogen and oxygen atoms in total. The minimum atomic E-state index is 0.229. The molecule has 0 heterocycles. The zero-order valence-corrected chi connectivity index (χ0v) is 11.8. The number of hydrogen-bond donors (Lipinski definition) is 1. The Hall–Kier alpha value is -0.670. The van der Waals surface area contributed by atoms with Gasteiger partial charge in [0.2, 0.25) is 0 Å². The van der Waals surface area contributed by atoms with Gasteiger partial charge in [-0.05, 0) is 44.9 Å². The average Bonchev–Trinajstić information content (AvgIpc) is 2.30. The van der Waals surface area contributed by atoms with E-state index in [9.17, 15) is 0 Å². The lowest BCUT2D eigenvalue weighted by Gasteiger charge is -2.14. The van der Waals surface area contributed by atoms with E-state index < -0.39 is 0 Å². The highest BCUT2D eigenvalue weighted by Crippen LogP contribution is 2.18. The van der Waals surface area contributed by atoms with Crippen LogP contribution >= 0.6 is 11.8 Å². The molecule has 0 bridgehead atoms. The van der Waals surface area contributed by atoms with E-state index in [1.165, 1.54) is 17.7 Å². The maximum atomic E-state index is 5.78. The van der Waals surface area contributed by atoms with Crippen molar-refractivity contribution >= 4 is 11.8 Å². The molecule has 0 aliphatic carbocycles. The Bertz CT molecular complexity index is 315. The van der Waals surface area contributed by atoms with Gasteiger partial charge >= 0.3 is 0 Å². The molecule has 0 amide bonds. The second kappa shape index (κ2) is 8.43. The van der Waals surface area contributed by atoms with Crippen LogP contribution in [0.3, 0.4) is 0 Å². The van der Waals surface area contributed by atoms with Crippen LogP contribution in [0.5, 0.6) is 5.75 Å². The average molecular weight is 253 g/mol. The molecule has 0 spiro atoms. The van der Waals surface area contributed by atoms with Gasteiger partial charge in [0.05, 0.1) is 6.10 Å². The van der Waals surface area contributed by atoms with Gasteiger partial charge < -0.3 is 10.1 Å². The van der Waals surface area contributed by atoms with Crippen LogP contribution in [0, 0.1) is 0 Å². The van der Waals surface area contributed by atoms with E-state index in [1.807, 2.05) is 23.9 Å². The fourth-order valence-corrected chi connectivity index (χ4v) is 2.02. The van der Waals surface area contributed by atoms with Crippen molar-refractivity contribution in [1.29, 1.82) is 0 Å². The Morgan fingerprint density at radius 2 is 2.06 bits per heavy atom. The predicted octanol–water partition coefficient (Wildman–Crippen LogP) is 3.32. The molecule has 1 aromatic rings. The topological polar surface area (TPSA) is 21.3 Å². The fraction of sp³-hybridized carbons (Fsp3) is 0.571. The summed E-state index contributed by atoms with van der Waals surface area (Å²) in [6, 6.07) is 8.25. The van der Waals surface area contributed by atoms with Crippen LogP contribution in [-0.2, 0) is 6.54 Å². The molecule has 0 saturated carbocycles. The van der Waals surface area contributed by atoms with E-state index >= 15 is 0 Å². The van der Waals surface area contributed by atoms with E-state index in [0.29, 0.717) is 0 Å². The first kappa shape index (κ1) is 14.4. The highest BCUT2D eigenvalue weighted by molar-refractivity contribution is 7.98. The second-order valence-corrected chi connectivity index (χ2v) is 5.28. The summed E-state index contributed by atoms with van der Waals surface area (Å²) in [5.41, 5.74) is 1.24. The molecule has 1 N–H and O–H groups in total. The van der Waals surface area contributed by atoms with E-state index in [-0.39, 0.29) is 6.10 Å². The monoisotopic (exact) mass is 253 g/mol. The molecule has 0 radical (unpaired) electrons. The van der Waals surface area contributed by atoms with Crippen molar-refractivity contribution in [1.82, 2.24) is 5.32 Å². The zero-order chi connectivity index (χ0) is 12.5. The lowest BCUT2D eigenvalue weighted by atomic mass is 10.2. The quantitative estimate of drug-likeness (QED) is 0.718. The molecule has 3 heteroatoms. The second-order valence-electron chi connectivity index (χ2n) is 4.30. The van der Waals surface area contributed by atoms with Gasteiger partial charge in [-0.1, -0.05) is 18.2 Å². The van der Waals surface area contributed by atoms with Crippen LogP contribution in [0.2, 0.25) is 0 Å². The molecule has 0 aromatic heterocycles. The first-order valence-corrected chi connectivity index (χ1v) is 7.57. The number of benzene rings is 1. The maximum absolute atomic E-state index is 5.78. The Morgan fingerprint density at radius 3 is 2.76 bits per heavy atom. The molecule has 17 heavy (non-hydrogen) atoms. The SMILES string of the molecule is CSCCCNCc1ccccc1OC(C)C. The fourth-order valence-electron chi connectivity index (χ4n) is 1.58. The summed E-state index contributed by atoms with van der Waals surface area (Å²) in [7, 11) is 0. The summed E-state index contributed by atoms with van der Waals surface area (Å²) < 4.78 is 5.78. The molecule has 1 rings (SSSR count). The molecular weight excluding hydrogens is 230 g/mol. The lowest BCUT2D eigenvalue weighted by Crippen LogP contribution is -2.17. The number of nitrogens with one attached hydrogen (secondary N) is 1. The summed E-state index contributed by atoms with van der Waals surface area (Å²) in [5, 5.41) is 3.46. The van der Waals surface area contributed by atoms with Gasteiger partial charge in [-0.15, -0.1) is 0 Å². The minimum absolute atomic E-state index is 0.229. The molecule has 96 valence electrons. The summed E-state index contributed by atoms with van der Waals surface area (Å²) in [6.07, 6.45) is 3.59. The minimum Gasteiger partial charge on any atom is -0.491 e. The Morgan fingerprint density at radius 1 is 1.29 bits per heavy atom. The summed E-state index contributed by atoms with van der Waals surface area (Å²) in [6.45, 7) is 6.07. The van der Waals surface area contributed by atoms with Crippen LogP contribution in [0.1, 0.15) is 25.8 Å². The van der Waals surface area contributed by atoms with Crippen molar-refractivity contribution in [3.8, 4) is 5.75 Å². The van der Waals surface area contributed by atoms with Crippen LogP contribution in [0.4, 0.5) is 0 Å². The summed E-state index contributed by atoms with van der Waals surface area (Å²) in [4.78, 5) is 0. The van der Waals surface area contributed by atoms with Gasteiger partial charge in [0, 0.05) is 12.1 Å². The van der Waals surface area contributed by atoms with Gasteiger partial charge in [-0.3, -0.25) is 0 Å². The maximum Gasteiger partial charge on any atom is 0.124 e. The van der Waals surface area contributed by atoms with Crippen molar-refractivity contribution < 1.29 is 4.74 Å². The smallest absolute Gasteiger partial charge is 0.124 e. The van der Waals surface area contributed by atoms with Crippen LogP contribution in [-0.4, -0.2) is 24.7 Å². The summed E-state index contributed by atoms with van der Waals surface area (Å²) >= 11 is 1.89. The summed E-state index contributed by atoms with van der Waals surface area (Å²) in [5.74, 6) is 2.22. The van der Waals surface area contributed by atoms with Gasteiger partial charge in [0.25, 0.3) is 0 Å². The highest BCUT2D eigenvalue weighted by Gasteiger charge is 2.03. The highest BCUT2D eigenvalue weighted by atomic mass is 32.2. The van der Waals surface area contributed by atoms with Crippen molar-refractivity contribution in [3.05, 3.63) is 29.8 Å². The number of ether oxygens (including phenoxy) is 1. The number of para-hydroxylation sites is 1. The normalized spacial score (nSPS) is 10.8. The molecular formula is C14H23NOS. The number of thioether (sulfide) groups is 1. The largest absolute Gasteiger partial charge is 0.491 e. The third-order valence-corrected chi connectivity index (χ3v) is 3.05. The first-order valence-electron chi connectivity index (χ1n) is 6.18. The van der Waals surface area contributed by atoms with Crippen molar-refractivity contribution in [2.45, 2.75) is 32.9 Å². The van der Waals surface area contributed by atoms with Gasteiger partial charge in [-0.25, -0.2) is 0 Å². The van der Waals surface area contributed by atoms with Gasteiger partial charge in [-0.2, -0.15) is 11.8 Å². The Balaban J connectivity index is 2.40. The Labute approximate surface area is 109 Å². The molecule has 0 fully saturated rings. The molecule has 1 aromatic carbocycles. The third kappa shape index (κ3) is 5.99. The van der Waals surface area contributed by atoms with Crippen LogP contribution < -0.4 is 10.1 Å². The van der Waals surface area contributed by atoms with Gasteiger partial charge in [0.15, 0.2) is 0 Å². The van der Waals surface area contributed by atoms with E-state index in [4.69, 9.17) is 4.74 Å². The predicted molar refractivity (Wildman–Crippen MR) is 76.9 cm³/mol. The first-order chi connectivity index (χ1) is 8.24. The molecule has 0 atom stereocenters. The zero-order valence-electron chi connectivity index (χ0n) is 11.0. The van der Waals surface area contributed by atoms with Crippen molar-refractivity contribution in [3.63, 3.8) is 0 Å². The van der Waals surface area contributed by atoms with E-state index in [0.717, 1.165) is 18.8 Å². The van der Waals surface area contributed by atoms with E-state index in [2.05, 4.69) is 37.6 Å². The molecule has 0 aliphatic rings. The van der Waals surface area contributed by atoms with Crippen molar-refractivity contribution in [2.75, 3.05) is 18.6 Å². The molecule has 0 aliphatic heterocycles. The third-order valence-electron chi connectivity index (χ3n) is 2.35. The van der Waals surface area contributed by atoms with Crippen LogP contribution in [0.15, 0.2) is 24.3 Å². The van der Waals surface area contributed by atoms with Crippen molar-refractivity contribution in [2.24, 2.45) is 0 Å². The standard InChI is InChI=1S/C14H23NOS/c1-12(2)16-14-8-5-4-7-13(14)11-15-9-6-10-17-3/h4-5,7-8,12,15H,6,9-11H2,1-3H3. The number of rotatable bonds is 8. The lowest BCUT2D eigenvalue weighted by molar-refractivity contribution is 0.239. The van der Waals surface area contributed by atoms with Crippen LogP contribution in [0.25, 0.3) is 0 Å². The number of hydrogen-bond acceptors (Lipinski definition) is 3. The van der Waals surface area contributed by atoms with Gasteiger partial charge in [0.1, 0.15) is 5.75 Å². The molecule has 0 unspecified atom stereocenters. The Kier molecular flexibility index (Phi) is 7.13.